The minimum absolute atomic E-state index is 0.0807. The Morgan fingerprint density at radius 3 is 2.69 bits per heavy atom. The Labute approximate surface area is 84.8 Å². The highest BCUT2D eigenvalue weighted by molar-refractivity contribution is 7.99. The van der Waals surface area contributed by atoms with Crippen molar-refractivity contribution in [3.05, 3.63) is 0 Å². The van der Waals surface area contributed by atoms with Crippen LogP contribution in [0.15, 0.2) is 0 Å². The van der Waals surface area contributed by atoms with E-state index in [1.807, 2.05) is 19.0 Å². The Bertz CT molecular complexity index is 140. The van der Waals surface area contributed by atoms with Crippen molar-refractivity contribution in [3.8, 4) is 0 Å². The number of carbonyl (C=O) groups is 1. The Balaban J connectivity index is 3.20. The first-order chi connectivity index (χ1) is 6.16. The highest BCUT2D eigenvalue weighted by Gasteiger charge is 2.01. The van der Waals surface area contributed by atoms with Crippen LogP contribution in [0.2, 0.25) is 0 Å². The van der Waals surface area contributed by atoms with Gasteiger partial charge in [0.25, 0.3) is 0 Å². The van der Waals surface area contributed by atoms with Gasteiger partial charge in [-0.3, -0.25) is 4.79 Å². The van der Waals surface area contributed by atoms with Gasteiger partial charge in [0.1, 0.15) is 6.61 Å². The Morgan fingerprint density at radius 2 is 2.15 bits per heavy atom. The lowest BCUT2D eigenvalue weighted by Crippen LogP contribution is -2.20. The van der Waals surface area contributed by atoms with Crippen LogP contribution in [-0.4, -0.2) is 49.6 Å². The number of likely N-dealkylation sites (N-methyl/N-ethyl adjacent to an activating group) is 1. The van der Waals surface area contributed by atoms with Crippen LogP contribution in [0.5, 0.6) is 0 Å². The van der Waals surface area contributed by atoms with E-state index in [-0.39, 0.29) is 5.97 Å². The molecule has 0 N–H and O–H groups in total. The first-order valence-corrected chi connectivity index (χ1v) is 5.70. The van der Waals surface area contributed by atoms with Gasteiger partial charge in [0, 0.05) is 12.3 Å². The summed E-state index contributed by atoms with van der Waals surface area (Å²) in [6.07, 6.45) is 0.534. The number of thioether (sulfide) groups is 1. The number of esters is 1. The fraction of sp³-hybridized carbons (Fsp3) is 0.889. The van der Waals surface area contributed by atoms with E-state index < -0.39 is 0 Å². The van der Waals surface area contributed by atoms with Crippen molar-refractivity contribution in [1.29, 1.82) is 0 Å². The minimum atomic E-state index is -0.0807. The van der Waals surface area contributed by atoms with Crippen LogP contribution in [0, 0.1) is 0 Å². The summed E-state index contributed by atoms with van der Waals surface area (Å²) in [5.74, 6) is 1.85. The topological polar surface area (TPSA) is 29.5 Å². The zero-order valence-electron chi connectivity index (χ0n) is 8.71. The van der Waals surface area contributed by atoms with Gasteiger partial charge in [0.05, 0.1) is 6.42 Å². The molecule has 0 unspecified atom stereocenters. The fourth-order valence-electron chi connectivity index (χ4n) is 0.714. The standard InChI is InChI=1S/C9H19NO2S/c1-4-13-8-5-9(11)12-7-6-10(2)3/h4-8H2,1-3H3. The predicted octanol–water partition coefficient (Wildman–Crippen LogP) is 1.23. The van der Waals surface area contributed by atoms with Crippen LogP contribution in [0.25, 0.3) is 0 Å². The third kappa shape index (κ3) is 9.70. The summed E-state index contributed by atoms with van der Waals surface area (Å²) in [6.45, 7) is 3.39. The van der Waals surface area contributed by atoms with Crippen molar-refractivity contribution in [3.63, 3.8) is 0 Å². The molecule has 0 aliphatic carbocycles. The van der Waals surface area contributed by atoms with E-state index in [1.165, 1.54) is 0 Å². The van der Waals surface area contributed by atoms with E-state index in [2.05, 4.69) is 6.92 Å². The summed E-state index contributed by atoms with van der Waals surface area (Å²) < 4.78 is 5.01. The second kappa shape index (κ2) is 8.38. The molecule has 0 saturated heterocycles. The molecular weight excluding hydrogens is 186 g/mol. The minimum Gasteiger partial charge on any atom is -0.464 e. The number of nitrogens with zero attached hydrogens (tertiary/aromatic N) is 1. The van der Waals surface area contributed by atoms with Crippen molar-refractivity contribution in [2.45, 2.75) is 13.3 Å². The molecule has 78 valence electrons. The third-order valence-electron chi connectivity index (χ3n) is 1.46. The number of hydrogen-bond donors (Lipinski definition) is 0. The van der Waals surface area contributed by atoms with Gasteiger partial charge in [-0.2, -0.15) is 11.8 Å². The van der Waals surface area contributed by atoms with Crippen LogP contribution in [0.3, 0.4) is 0 Å². The van der Waals surface area contributed by atoms with Gasteiger partial charge in [-0.25, -0.2) is 0 Å². The zero-order valence-corrected chi connectivity index (χ0v) is 9.52. The van der Waals surface area contributed by atoms with Gasteiger partial charge in [-0.15, -0.1) is 0 Å². The van der Waals surface area contributed by atoms with Crippen LogP contribution >= 0.6 is 11.8 Å². The summed E-state index contributed by atoms with van der Waals surface area (Å²) in [5, 5.41) is 0. The van der Waals surface area contributed by atoms with Gasteiger partial charge in [0.15, 0.2) is 0 Å². The Morgan fingerprint density at radius 1 is 1.46 bits per heavy atom. The van der Waals surface area contributed by atoms with Gasteiger partial charge in [-0.1, -0.05) is 6.92 Å². The first-order valence-electron chi connectivity index (χ1n) is 4.55. The van der Waals surface area contributed by atoms with E-state index in [9.17, 15) is 4.79 Å². The molecule has 3 nitrogen and oxygen atoms in total. The average molecular weight is 205 g/mol. The molecule has 0 atom stereocenters. The highest BCUT2D eigenvalue weighted by Crippen LogP contribution is 2.01. The molecule has 0 radical (unpaired) electrons. The zero-order chi connectivity index (χ0) is 10.1. The van der Waals surface area contributed by atoms with Crippen LogP contribution < -0.4 is 0 Å². The molecule has 0 aromatic rings. The lowest BCUT2D eigenvalue weighted by molar-refractivity contribution is -0.143. The average Bonchev–Trinajstić information content (AvgIpc) is 2.04. The number of ether oxygens (including phenoxy) is 1. The highest BCUT2D eigenvalue weighted by atomic mass is 32.2. The maximum Gasteiger partial charge on any atom is 0.306 e. The largest absolute Gasteiger partial charge is 0.464 e. The van der Waals surface area contributed by atoms with Crippen molar-refractivity contribution in [2.75, 3.05) is 38.8 Å². The molecule has 0 bridgehead atoms. The summed E-state index contributed by atoms with van der Waals surface area (Å²) in [7, 11) is 3.92. The molecule has 0 fully saturated rings. The smallest absolute Gasteiger partial charge is 0.306 e. The maximum atomic E-state index is 11.0. The van der Waals surface area contributed by atoms with Gasteiger partial charge in [0.2, 0.25) is 0 Å². The summed E-state index contributed by atoms with van der Waals surface area (Å²) in [5.41, 5.74) is 0. The molecule has 0 heterocycles. The monoisotopic (exact) mass is 205 g/mol. The first kappa shape index (κ1) is 12.8. The third-order valence-corrected chi connectivity index (χ3v) is 2.36. The van der Waals surface area contributed by atoms with E-state index in [4.69, 9.17) is 4.74 Å². The second-order valence-corrected chi connectivity index (χ2v) is 4.36. The number of rotatable bonds is 7. The molecule has 13 heavy (non-hydrogen) atoms. The second-order valence-electron chi connectivity index (χ2n) is 2.97. The lowest BCUT2D eigenvalue weighted by Gasteiger charge is -2.09. The van der Waals surface area contributed by atoms with Crippen molar-refractivity contribution >= 4 is 17.7 Å². The summed E-state index contributed by atoms with van der Waals surface area (Å²) in [6, 6.07) is 0. The maximum absolute atomic E-state index is 11.0. The van der Waals surface area contributed by atoms with E-state index in [0.717, 1.165) is 18.1 Å². The number of carbonyl (C=O) groups excluding carboxylic acids is 1. The number of hydrogen-bond acceptors (Lipinski definition) is 4. The molecule has 0 saturated carbocycles. The van der Waals surface area contributed by atoms with Crippen molar-refractivity contribution in [1.82, 2.24) is 4.90 Å². The van der Waals surface area contributed by atoms with Crippen molar-refractivity contribution in [2.24, 2.45) is 0 Å². The molecule has 0 aliphatic heterocycles. The van der Waals surface area contributed by atoms with E-state index in [1.54, 1.807) is 11.8 Å². The summed E-state index contributed by atoms with van der Waals surface area (Å²) in [4.78, 5) is 13.0. The fourth-order valence-corrected chi connectivity index (χ4v) is 1.31. The Kier molecular flexibility index (Phi) is 8.24. The summed E-state index contributed by atoms with van der Waals surface area (Å²) >= 11 is 1.76. The normalized spacial score (nSPS) is 10.5. The molecular formula is C9H19NO2S. The van der Waals surface area contributed by atoms with E-state index >= 15 is 0 Å². The molecule has 0 aromatic carbocycles. The lowest BCUT2D eigenvalue weighted by atomic mass is 10.5. The Hall–Kier alpha value is -0.220. The SMILES string of the molecule is CCSCCC(=O)OCCN(C)C. The van der Waals surface area contributed by atoms with Crippen LogP contribution in [0.4, 0.5) is 0 Å². The van der Waals surface area contributed by atoms with Gasteiger partial charge >= 0.3 is 5.97 Å². The molecule has 4 heteroatoms. The van der Waals surface area contributed by atoms with Crippen molar-refractivity contribution < 1.29 is 9.53 Å². The molecule has 0 aromatic heterocycles. The molecule has 0 amide bonds. The molecule has 0 rings (SSSR count). The van der Waals surface area contributed by atoms with Gasteiger partial charge in [-0.05, 0) is 19.8 Å². The quantitative estimate of drug-likeness (QED) is 0.462. The van der Waals surface area contributed by atoms with Crippen LogP contribution in [0.1, 0.15) is 13.3 Å². The van der Waals surface area contributed by atoms with Crippen LogP contribution in [-0.2, 0) is 9.53 Å². The van der Waals surface area contributed by atoms with Gasteiger partial charge < -0.3 is 9.64 Å². The van der Waals surface area contributed by atoms with E-state index in [0.29, 0.717) is 13.0 Å². The molecule has 0 aliphatic rings. The predicted molar refractivity (Wildman–Crippen MR) is 57.1 cm³/mol. The molecule has 0 spiro atoms.